The van der Waals surface area contributed by atoms with Crippen LogP contribution in [0, 0.1) is 0 Å². The average molecular weight is 325 g/mol. The Morgan fingerprint density at radius 1 is 1.41 bits per heavy atom. The van der Waals surface area contributed by atoms with Crippen molar-refractivity contribution >= 4 is 10.0 Å². The maximum Gasteiger partial charge on any atom is 0.246 e. The third-order valence-electron chi connectivity index (χ3n) is 3.81. The third kappa shape index (κ3) is 3.08. The topological polar surface area (TPSA) is 77.6 Å². The molecule has 0 bridgehead atoms. The molecule has 22 heavy (non-hydrogen) atoms. The molecule has 2 aromatic heterocycles. The zero-order valence-corrected chi connectivity index (χ0v) is 13.2. The van der Waals surface area contributed by atoms with Crippen LogP contribution in [0.25, 0.3) is 0 Å². The van der Waals surface area contributed by atoms with E-state index in [4.69, 9.17) is 9.15 Å². The molecule has 0 radical (unpaired) electrons. The van der Waals surface area contributed by atoms with Crippen molar-refractivity contribution in [1.82, 2.24) is 14.1 Å². The molecule has 0 aromatic carbocycles. The average Bonchev–Trinajstić information content (AvgIpc) is 3.19. The molecular formula is C14H19N3O4S. The highest BCUT2D eigenvalue weighted by molar-refractivity contribution is 7.89. The molecule has 1 saturated heterocycles. The van der Waals surface area contributed by atoms with Gasteiger partial charge in [-0.3, -0.25) is 4.68 Å². The Hall–Kier alpha value is -1.64. The van der Waals surface area contributed by atoms with Gasteiger partial charge in [0, 0.05) is 26.5 Å². The van der Waals surface area contributed by atoms with Gasteiger partial charge in [-0.15, -0.1) is 0 Å². The fraction of sp³-hybridized carbons (Fsp3) is 0.500. The van der Waals surface area contributed by atoms with Crippen LogP contribution in [0.3, 0.4) is 0 Å². The van der Waals surface area contributed by atoms with Crippen LogP contribution in [0.5, 0.6) is 0 Å². The first-order chi connectivity index (χ1) is 10.6. The fourth-order valence-electron chi connectivity index (χ4n) is 2.49. The predicted molar refractivity (Wildman–Crippen MR) is 78.7 cm³/mol. The van der Waals surface area contributed by atoms with Crippen LogP contribution in [-0.4, -0.2) is 42.8 Å². The van der Waals surface area contributed by atoms with Gasteiger partial charge in [-0.05, 0) is 25.0 Å². The predicted octanol–water partition coefficient (Wildman–Crippen LogP) is 1.65. The highest BCUT2D eigenvalue weighted by atomic mass is 32.2. The Kier molecular flexibility index (Phi) is 4.32. The van der Waals surface area contributed by atoms with Crippen molar-refractivity contribution < 1.29 is 17.6 Å². The molecule has 0 unspecified atom stereocenters. The van der Waals surface area contributed by atoms with Crippen LogP contribution in [0.4, 0.5) is 0 Å². The van der Waals surface area contributed by atoms with Gasteiger partial charge in [-0.25, -0.2) is 8.42 Å². The zero-order valence-electron chi connectivity index (χ0n) is 12.4. The highest BCUT2D eigenvalue weighted by Gasteiger charge is 2.25. The monoisotopic (exact) mass is 325 g/mol. The van der Waals surface area contributed by atoms with Crippen molar-refractivity contribution in [2.75, 3.05) is 20.3 Å². The van der Waals surface area contributed by atoms with Crippen molar-refractivity contribution in [3.05, 3.63) is 36.5 Å². The summed E-state index contributed by atoms with van der Waals surface area (Å²) in [7, 11) is -2.04. The normalized spacial score (nSPS) is 17.2. The fourth-order valence-corrected chi connectivity index (χ4v) is 3.57. The van der Waals surface area contributed by atoms with Gasteiger partial charge >= 0.3 is 0 Å². The standard InChI is InChI=1S/C14H19N3O4S/c1-16(10-13-3-2-6-21-13)22(18,19)14-9-15-17(11-14)12-4-7-20-8-5-12/h2-3,6,9,11-12H,4-5,7-8,10H2,1H3. The Balaban J connectivity index is 1.75. The second-order valence-corrected chi connectivity index (χ2v) is 7.38. The second-order valence-electron chi connectivity index (χ2n) is 5.34. The van der Waals surface area contributed by atoms with Crippen LogP contribution < -0.4 is 0 Å². The maximum atomic E-state index is 12.6. The van der Waals surface area contributed by atoms with E-state index in [1.165, 1.54) is 23.8 Å². The largest absolute Gasteiger partial charge is 0.468 e. The molecule has 0 N–H and O–H groups in total. The molecule has 1 aliphatic heterocycles. The van der Waals surface area contributed by atoms with E-state index in [1.54, 1.807) is 23.0 Å². The van der Waals surface area contributed by atoms with Gasteiger partial charge in [-0.2, -0.15) is 9.40 Å². The van der Waals surface area contributed by atoms with Crippen molar-refractivity contribution in [3.8, 4) is 0 Å². The second kappa shape index (κ2) is 6.23. The van der Waals surface area contributed by atoms with Crippen molar-refractivity contribution in [1.29, 1.82) is 0 Å². The summed E-state index contributed by atoms with van der Waals surface area (Å²) in [4.78, 5) is 0.202. The Morgan fingerprint density at radius 3 is 2.86 bits per heavy atom. The molecule has 1 aliphatic rings. The summed E-state index contributed by atoms with van der Waals surface area (Å²) in [5, 5.41) is 4.22. The number of rotatable bonds is 5. The number of hydrogen-bond acceptors (Lipinski definition) is 5. The number of ether oxygens (including phenoxy) is 1. The molecule has 0 saturated carbocycles. The molecule has 3 heterocycles. The smallest absolute Gasteiger partial charge is 0.246 e. The molecule has 0 atom stereocenters. The molecule has 0 amide bonds. The van der Waals surface area contributed by atoms with Crippen molar-refractivity contribution in [3.63, 3.8) is 0 Å². The Bertz CT molecular complexity index is 702. The van der Waals surface area contributed by atoms with Gasteiger partial charge in [-0.1, -0.05) is 0 Å². The molecule has 0 spiro atoms. The SMILES string of the molecule is CN(Cc1ccco1)S(=O)(=O)c1cnn(C2CCOCC2)c1. The summed E-state index contributed by atoms with van der Waals surface area (Å²) in [6, 6.07) is 3.68. The van der Waals surface area contributed by atoms with Gasteiger partial charge in [0.1, 0.15) is 10.7 Å². The van der Waals surface area contributed by atoms with E-state index in [0.29, 0.717) is 19.0 Å². The van der Waals surface area contributed by atoms with Gasteiger partial charge in [0.05, 0.1) is 25.0 Å². The first-order valence-electron chi connectivity index (χ1n) is 7.18. The van der Waals surface area contributed by atoms with Gasteiger partial charge in [0.15, 0.2) is 0 Å². The highest BCUT2D eigenvalue weighted by Crippen LogP contribution is 2.23. The van der Waals surface area contributed by atoms with E-state index in [-0.39, 0.29) is 17.5 Å². The molecule has 2 aromatic rings. The van der Waals surface area contributed by atoms with Crippen LogP contribution >= 0.6 is 0 Å². The van der Waals surface area contributed by atoms with E-state index in [9.17, 15) is 8.42 Å². The third-order valence-corrected chi connectivity index (χ3v) is 5.57. The molecule has 1 fully saturated rings. The molecular weight excluding hydrogens is 306 g/mol. The lowest BCUT2D eigenvalue weighted by molar-refractivity contribution is 0.0662. The summed E-state index contributed by atoms with van der Waals surface area (Å²) < 4.78 is 38.6. The van der Waals surface area contributed by atoms with E-state index in [1.807, 2.05) is 0 Å². The molecule has 7 nitrogen and oxygen atoms in total. The Labute approximate surface area is 129 Å². The first kappa shape index (κ1) is 15.3. The van der Waals surface area contributed by atoms with Crippen LogP contribution in [0.15, 0.2) is 40.1 Å². The minimum Gasteiger partial charge on any atom is -0.468 e. The molecule has 120 valence electrons. The minimum atomic E-state index is -3.57. The Morgan fingerprint density at radius 2 is 2.18 bits per heavy atom. The van der Waals surface area contributed by atoms with Crippen LogP contribution in [0.2, 0.25) is 0 Å². The summed E-state index contributed by atoms with van der Waals surface area (Å²) in [5.41, 5.74) is 0. The van der Waals surface area contributed by atoms with Crippen LogP contribution in [0.1, 0.15) is 24.6 Å². The lowest BCUT2D eigenvalue weighted by Gasteiger charge is -2.22. The number of nitrogens with zero attached hydrogens (tertiary/aromatic N) is 3. The number of sulfonamides is 1. The maximum absolute atomic E-state index is 12.6. The lowest BCUT2D eigenvalue weighted by atomic mass is 10.1. The van der Waals surface area contributed by atoms with Crippen molar-refractivity contribution in [2.24, 2.45) is 0 Å². The van der Waals surface area contributed by atoms with E-state index in [0.717, 1.165) is 12.8 Å². The summed E-state index contributed by atoms with van der Waals surface area (Å²) in [5.74, 6) is 0.600. The molecule has 0 aliphatic carbocycles. The zero-order chi connectivity index (χ0) is 15.6. The minimum absolute atomic E-state index is 0.192. The van der Waals surface area contributed by atoms with E-state index in [2.05, 4.69) is 5.10 Å². The molecule has 3 rings (SSSR count). The summed E-state index contributed by atoms with van der Waals surface area (Å²) in [6.07, 6.45) is 6.24. The quantitative estimate of drug-likeness (QED) is 0.835. The molecule has 8 heteroatoms. The summed E-state index contributed by atoms with van der Waals surface area (Å²) >= 11 is 0. The van der Waals surface area contributed by atoms with Gasteiger partial charge < -0.3 is 9.15 Å². The summed E-state index contributed by atoms with van der Waals surface area (Å²) in [6.45, 7) is 1.56. The van der Waals surface area contributed by atoms with E-state index < -0.39 is 10.0 Å². The number of furan rings is 1. The lowest BCUT2D eigenvalue weighted by Crippen LogP contribution is -2.26. The van der Waals surface area contributed by atoms with Crippen LogP contribution in [-0.2, 0) is 21.3 Å². The van der Waals surface area contributed by atoms with Gasteiger partial charge in [0.2, 0.25) is 10.0 Å². The number of hydrogen-bond donors (Lipinski definition) is 0. The number of aromatic nitrogens is 2. The van der Waals surface area contributed by atoms with Crippen molar-refractivity contribution in [2.45, 2.75) is 30.3 Å². The first-order valence-corrected chi connectivity index (χ1v) is 8.62. The van der Waals surface area contributed by atoms with E-state index >= 15 is 0 Å². The van der Waals surface area contributed by atoms with Gasteiger partial charge in [0.25, 0.3) is 0 Å².